The summed E-state index contributed by atoms with van der Waals surface area (Å²) in [5, 5.41) is 0. The smallest absolute Gasteiger partial charge is 0.246 e. The van der Waals surface area contributed by atoms with Crippen molar-refractivity contribution in [3.8, 4) is 0 Å². The zero-order chi connectivity index (χ0) is 19.5. The number of para-hydroxylation sites is 2. The van der Waals surface area contributed by atoms with Gasteiger partial charge in [-0.15, -0.1) is 0 Å². The van der Waals surface area contributed by atoms with Gasteiger partial charge < -0.3 is 14.8 Å². The molecule has 4 rings (SSSR count). The molecule has 1 N–H and O–H groups in total. The number of nitrogens with one attached hydrogen (secondary N) is 1. The molecule has 2 aromatic carbocycles. The molecule has 0 saturated carbocycles. The molecular formula is C22H22N4O2. The fourth-order valence-corrected chi connectivity index (χ4v) is 3.36. The van der Waals surface area contributed by atoms with Gasteiger partial charge in [0.15, 0.2) is 0 Å². The molecule has 0 atom stereocenters. The summed E-state index contributed by atoms with van der Waals surface area (Å²) < 4.78 is 0. The van der Waals surface area contributed by atoms with Crippen LogP contribution in [0.25, 0.3) is 17.1 Å². The Morgan fingerprint density at radius 1 is 1.21 bits per heavy atom. The first-order chi connectivity index (χ1) is 13.6. The molecule has 1 aromatic heterocycles. The Morgan fingerprint density at radius 2 is 2.00 bits per heavy atom. The van der Waals surface area contributed by atoms with Crippen molar-refractivity contribution in [2.24, 2.45) is 0 Å². The van der Waals surface area contributed by atoms with Crippen molar-refractivity contribution < 1.29 is 9.59 Å². The van der Waals surface area contributed by atoms with E-state index in [1.165, 1.54) is 0 Å². The second kappa shape index (κ2) is 7.68. The van der Waals surface area contributed by atoms with Crippen molar-refractivity contribution in [2.75, 3.05) is 18.5 Å². The van der Waals surface area contributed by atoms with Gasteiger partial charge in [-0.1, -0.05) is 24.3 Å². The Kier molecular flexibility index (Phi) is 4.93. The Labute approximate surface area is 163 Å². The largest absolute Gasteiger partial charge is 0.340 e. The summed E-state index contributed by atoms with van der Waals surface area (Å²) in [5.74, 6) is 0.829. The lowest BCUT2D eigenvalue weighted by atomic mass is 10.2. The summed E-state index contributed by atoms with van der Waals surface area (Å²) in [6.45, 7) is 1.19. The van der Waals surface area contributed by atoms with Gasteiger partial charge in [0.25, 0.3) is 0 Å². The lowest BCUT2D eigenvalue weighted by Gasteiger charge is -2.15. The van der Waals surface area contributed by atoms with Crippen molar-refractivity contribution in [1.29, 1.82) is 0 Å². The standard InChI is InChI=1S/C22H22N4O2/c1-25(15-20-23-18-5-2-3-6-19(18)24-20)21(27)13-10-16-8-11-17(12-9-16)26-14-4-7-22(26)28/h2-3,5-6,8-13H,4,7,14-15H2,1H3,(H,23,24). The summed E-state index contributed by atoms with van der Waals surface area (Å²) in [6.07, 6.45) is 4.87. The van der Waals surface area contributed by atoms with E-state index in [1.807, 2.05) is 48.5 Å². The number of amides is 2. The van der Waals surface area contributed by atoms with E-state index in [0.717, 1.165) is 41.1 Å². The summed E-state index contributed by atoms with van der Waals surface area (Å²) in [6, 6.07) is 15.5. The van der Waals surface area contributed by atoms with Crippen LogP contribution in [0.1, 0.15) is 24.2 Å². The molecule has 1 aliphatic rings. The number of hydrogen-bond donors (Lipinski definition) is 1. The third-order valence-electron chi connectivity index (χ3n) is 4.90. The van der Waals surface area contributed by atoms with Gasteiger partial charge in [-0.25, -0.2) is 4.98 Å². The third-order valence-corrected chi connectivity index (χ3v) is 4.90. The topological polar surface area (TPSA) is 69.3 Å². The van der Waals surface area contributed by atoms with Crippen LogP contribution < -0.4 is 4.90 Å². The number of carbonyl (C=O) groups excluding carboxylic acids is 2. The number of aromatic nitrogens is 2. The average Bonchev–Trinajstić information content (AvgIpc) is 3.31. The van der Waals surface area contributed by atoms with Gasteiger partial charge >= 0.3 is 0 Å². The molecule has 0 radical (unpaired) electrons. The molecule has 2 heterocycles. The molecular weight excluding hydrogens is 352 g/mol. The molecule has 1 saturated heterocycles. The summed E-state index contributed by atoms with van der Waals surface area (Å²) in [4.78, 5) is 35.4. The van der Waals surface area contributed by atoms with Crippen LogP contribution in [0.15, 0.2) is 54.6 Å². The summed E-state index contributed by atoms with van der Waals surface area (Å²) in [7, 11) is 1.75. The molecule has 0 unspecified atom stereocenters. The van der Waals surface area contributed by atoms with Crippen LogP contribution in [-0.2, 0) is 16.1 Å². The van der Waals surface area contributed by atoms with E-state index in [9.17, 15) is 9.59 Å². The number of imidazole rings is 1. The molecule has 6 nitrogen and oxygen atoms in total. The maximum Gasteiger partial charge on any atom is 0.246 e. The first kappa shape index (κ1) is 18.0. The number of hydrogen-bond acceptors (Lipinski definition) is 3. The lowest BCUT2D eigenvalue weighted by Crippen LogP contribution is -2.24. The second-order valence-electron chi connectivity index (χ2n) is 6.97. The first-order valence-electron chi connectivity index (χ1n) is 9.37. The Morgan fingerprint density at radius 3 is 2.71 bits per heavy atom. The quantitative estimate of drug-likeness (QED) is 0.696. The van der Waals surface area contributed by atoms with E-state index >= 15 is 0 Å². The van der Waals surface area contributed by atoms with Crippen molar-refractivity contribution in [2.45, 2.75) is 19.4 Å². The van der Waals surface area contributed by atoms with Crippen LogP contribution in [0.3, 0.4) is 0 Å². The van der Waals surface area contributed by atoms with Crippen molar-refractivity contribution in [3.05, 3.63) is 66.0 Å². The number of H-pyrrole nitrogens is 1. The van der Waals surface area contributed by atoms with Crippen LogP contribution in [0.5, 0.6) is 0 Å². The van der Waals surface area contributed by atoms with Crippen LogP contribution in [0.2, 0.25) is 0 Å². The van der Waals surface area contributed by atoms with Gasteiger partial charge in [0.2, 0.25) is 11.8 Å². The predicted molar refractivity (Wildman–Crippen MR) is 110 cm³/mol. The Balaban J connectivity index is 1.38. The minimum absolute atomic E-state index is 0.0979. The molecule has 0 aliphatic carbocycles. The van der Waals surface area contributed by atoms with Gasteiger partial charge in [0.05, 0.1) is 17.6 Å². The first-order valence-corrected chi connectivity index (χ1v) is 9.37. The predicted octanol–water partition coefficient (Wildman–Crippen LogP) is 3.36. The second-order valence-corrected chi connectivity index (χ2v) is 6.97. The number of rotatable bonds is 5. The molecule has 6 heteroatoms. The van der Waals surface area contributed by atoms with Crippen LogP contribution in [0.4, 0.5) is 5.69 Å². The minimum atomic E-state index is -0.0979. The van der Waals surface area contributed by atoms with E-state index in [2.05, 4.69) is 9.97 Å². The zero-order valence-corrected chi connectivity index (χ0v) is 15.8. The fourth-order valence-electron chi connectivity index (χ4n) is 3.36. The van der Waals surface area contributed by atoms with E-state index in [-0.39, 0.29) is 11.8 Å². The van der Waals surface area contributed by atoms with Gasteiger partial charge in [0.1, 0.15) is 5.82 Å². The molecule has 1 fully saturated rings. The molecule has 0 spiro atoms. The Hall–Kier alpha value is -3.41. The lowest BCUT2D eigenvalue weighted by molar-refractivity contribution is -0.125. The number of fused-ring (bicyclic) bond motifs is 1. The Bertz CT molecular complexity index is 1000. The zero-order valence-electron chi connectivity index (χ0n) is 15.8. The van der Waals surface area contributed by atoms with Crippen LogP contribution in [0, 0.1) is 0 Å². The van der Waals surface area contributed by atoms with Crippen molar-refractivity contribution >= 4 is 34.6 Å². The maximum absolute atomic E-state index is 12.4. The van der Waals surface area contributed by atoms with Gasteiger partial charge in [-0.05, 0) is 42.3 Å². The van der Waals surface area contributed by atoms with Crippen LogP contribution >= 0.6 is 0 Å². The van der Waals surface area contributed by atoms with Gasteiger partial charge in [0, 0.05) is 31.8 Å². The van der Waals surface area contributed by atoms with Crippen LogP contribution in [-0.4, -0.2) is 40.3 Å². The molecule has 0 bridgehead atoms. The molecule has 1 aliphatic heterocycles. The number of aromatic amines is 1. The number of likely N-dealkylation sites (N-methyl/N-ethyl adjacent to an activating group) is 1. The minimum Gasteiger partial charge on any atom is -0.340 e. The number of anilines is 1. The molecule has 2 amide bonds. The third kappa shape index (κ3) is 3.81. The number of carbonyl (C=O) groups is 2. The van der Waals surface area contributed by atoms with E-state index in [0.29, 0.717) is 13.0 Å². The highest BCUT2D eigenvalue weighted by Crippen LogP contribution is 2.22. The van der Waals surface area contributed by atoms with E-state index < -0.39 is 0 Å². The van der Waals surface area contributed by atoms with Crippen molar-refractivity contribution in [3.63, 3.8) is 0 Å². The molecule has 28 heavy (non-hydrogen) atoms. The average molecular weight is 374 g/mol. The number of nitrogens with zero attached hydrogens (tertiary/aromatic N) is 3. The summed E-state index contributed by atoms with van der Waals surface area (Å²) >= 11 is 0. The monoisotopic (exact) mass is 374 g/mol. The highest BCUT2D eigenvalue weighted by atomic mass is 16.2. The van der Waals surface area contributed by atoms with Crippen molar-refractivity contribution in [1.82, 2.24) is 14.9 Å². The maximum atomic E-state index is 12.4. The summed E-state index contributed by atoms with van der Waals surface area (Å²) in [5.41, 5.74) is 3.68. The highest BCUT2D eigenvalue weighted by molar-refractivity contribution is 5.95. The SMILES string of the molecule is CN(Cc1nc2ccccc2[nH]1)C(=O)C=Cc1ccc(N2CCCC2=O)cc1. The highest BCUT2D eigenvalue weighted by Gasteiger charge is 2.21. The van der Waals surface area contributed by atoms with E-state index in [4.69, 9.17) is 0 Å². The van der Waals surface area contributed by atoms with E-state index in [1.54, 1.807) is 29.0 Å². The van der Waals surface area contributed by atoms with Gasteiger partial charge in [-0.3, -0.25) is 9.59 Å². The number of benzene rings is 2. The molecule has 142 valence electrons. The fraction of sp³-hybridized carbons (Fsp3) is 0.227. The van der Waals surface area contributed by atoms with Gasteiger partial charge in [-0.2, -0.15) is 0 Å². The molecule has 3 aromatic rings. The normalized spacial score (nSPS) is 14.3.